The van der Waals surface area contributed by atoms with Gasteiger partial charge in [0.05, 0.1) is 5.69 Å². The molecule has 0 amide bonds. The second-order valence-electron chi connectivity index (χ2n) is 5.35. The smallest absolute Gasteiger partial charge is 0.126 e. The van der Waals surface area contributed by atoms with Crippen molar-refractivity contribution in [3.05, 3.63) is 52.6 Å². The molecule has 1 N–H and O–H groups in total. The first kappa shape index (κ1) is 15.7. The lowest BCUT2D eigenvalue weighted by Crippen LogP contribution is -2.20. The molecule has 0 radical (unpaired) electrons. The highest BCUT2D eigenvalue weighted by molar-refractivity contribution is 5.27. The maximum absolute atomic E-state index is 13.8. The molecule has 1 aromatic carbocycles. The highest BCUT2D eigenvalue weighted by atomic mass is 19.1. The maximum Gasteiger partial charge on any atom is 0.126 e. The summed E-state index contributed by atoms with van der Waals surface area (Å²) in [6, 6.07) is 7.70. The molecule has 0 aliphatic rings. The molecule has 2 aromatic rings. The Morgan fingerprint density at radius 1 is 1.29 bits per heavy atom. The minimum Gasteiger partial charge on any atom is -0.313 e. The predicted octanol–water partition coefficient (Wildman–Crippen LogP) is 3.42. The molecule has 1 aromatic heterocycles. The Kier molecular flexibility index (Phi) is 5.12. The molecular weight excluding hydrogens is 265 g/mol. The van der Waals surface area contributed by atoms with E-state index in [1.165, 1.54) is 5.69 Å². The van der Waals surface area contributed by atoms with E-state index in [0.717, 1.165) is 30.6 Å². The molecule has 1 unspecified atom stereocenters. The van der Waals surface area contributed by atoms with Crippen LogP contribution in [0.1, 0.15) is 42.4 Å². The summed E-state index contributed by atoms with van der Waals surface area (Å²) in [5.74, 6) is -0.147. The molecule has 2 rings (SSSR count). The van der Waals surface area contributed by atoms with Crippen LogP contribution in [0.2, 0.25) is 0 Å². The Morgan fingerprint density at radius 3 is 2.62 bits per heavy atom. The fraction of sp³-hybridized carbons (Fsp3) is 0.471. The molecule has 0 spiro atoms. The predicted molar refractivity (Wildman–Crippen MR) is 83.9 cm³/mol. The highest BCUT2D eigenvalue weighted by Crippen LogP contribution is 2.21. The van der Waals surface area contributed by atoms with Gasteiger partial charge in [0.25, 0.3) is 0 Å². The van der Waals surface area contributed by atoms with Crippen molar-refractivity contribution < 1.29 is 4.39 Å². The van der Waals surface area contributed by atoms with Crippen molar-refractivity contribution >= 4 is 0 Å². The third-order valence-electron chi connectivity index (χ3n) is 3.94. The van der Waals surface area contributed by atoms with Gasteiger partial charge < -0.3 is 5.32 Å². The first-order valence-electron chi connectivity index (χ1n) is 7.57. The minimum atomic E-state index is -0.147. The van der Waals surface area contributed by atoms with Crippen LogP contribution in [0.25, 0.3) is 0 Å². The van der Waals surface area contributed by atoms with Crippen LogP contribution in [0, 0.1) is 12.7 Å². The molecule has 0 bridgehead atoms. The van der Waals surface area contributed by atoms with Crippen LogP contribution in [0.5, 0.6) is 0 Å². The van der Waals surface area contributed by atoms with E-state index in [2.05, 4.69) is 30.3 Å². The number of benzene rings is 1. The number of nitrogens with one attached hydrogen (secondary N) is 1. The van der Waals surface area contributed by atoms with Gasteiger partial charge in [-0.2, -0.15) is 5.10 Å². The van der Waals surface area contributed by atoms with E-state index in [-0.39, 0.29) is 11.9 Å². The second kappa shape index (κ2) is 6.85. The number of aryl methyl sites for hydroxylation is 3. The van der Waals surface area contributed by atoms with E-state index in [1.54, 1.807) is 13.0 Å². The highest BCUT2D eigenvalue weighted by Gasteiger charge is 2.15. The molecule has 4 heteroatoms. The summed E-state index contributed by atoms with van der Waals surface area (Å²) in [7, 11) is 1.91. The van der Waals surface area contributed by atoms with Crippen LogP contribution in [0.4, 0.5) is 4.39 Å². The van der Waals surface area contributed by atoms with Gasteiger partial charge in [-0.1, -0.05) is 19.1 Å². The molecule has 0 aliphatic carbocycles. The topological polar surface area (TPSA) is 29.9 Å². The van der Waals surface area contributed by atoms with Crippen LogP contribution >= 0.6 is 0 Å². The maximum atomic E-state index is 13.8. The number of rotatable bonds is 6. The van der Waals surface area contributed by atoms with E-state index < -0.39 is 0 Å². The Balaban J connectivity index is 2.26. The fourth-order valence-electron chi connectivity index (χ4n) is 2.55. The normalized spacial score (nSPS) is 12.6. The monoisotopic (exact) mass is 289 g/mol. The molecule has 0 saturated heterocycles. The number of hydrogen-bond acceptors (Lipinski definition) is 2. The molecule has 0 saturated carbocycles. The van der Waals surface area contributed by atoms with Crippen molar-refractivity contribution in [3.8, 4) is 0 Å². The van der Waals surface area contributed by atoms with Gasteiger partial charge in [0, 0.05) is 24.7 Å². The van der Waals surface area contributed by atoms with Crippen LogP contribution in [0.3, 0.4) is 0 Å². The summed E-state index contributed by atoms with van der Waals surface area (Å²) < 4.78 is 15.8. The van der Waals surface area contributed by atoms with Gasteiger partial charge in [-0.3, -0.25) is 4.68 Å². The lowest BCUT2D eigenvalue weighted by molar-refractivity contribution is 0.535. The van der Waals surface area contributed by atoms with E-state index in [0.29, 0.717) is 5.56 Å². The largest absolute Gasteiger partial charge is 0.313 e. The van der Waals surface area contributed by atoms with Crippen molar-refractivity contribution in [1.82, 2.24) is 15.1 Å². The Labute approximate surface area is 126 Å². The van der Waals surface area contributed by atoms with E-state index in [1.807, 2.05) is 23.9 Å². The van der Waals surface area contributed by atoms with Gasteiger partial charge in [-0.15, -0.1) is 0 Å². The van der Waals surface area contributed by atoms with Crippen LogP contribution < -0.4 is 5.32 Å². The van der Waals surface area contributed by atoms with Gasteiger partial charge in [-0.05, 0) is 50.6 Å². The Hall–Kier alpha value is -1.68. The van der Waals surface area contributed by atoms with Gasteiger partial charge in [0.2, 0.25) is 0 Å². The van der Waals surface area contributed by atoms with Gasteiger partial charge in [0.15, 0.2) is 0 Å². The van der Waals surface area contributed by atoms with E-state index in [4.69, 9.17) is 0 Å². The zero-order valence-corrected chi connectivity index (χ0v) is 13.3. The van der Waals surface area contributed by atoms with Crippen molar-refractivity contribution in [2.24, 2.45) is 0 Å². The average Bonchev–Trinajstić information content (AvgIpc) is 2.90. The number of aromatic nitrogens is 2. The number of hydrogen-bond donors (Lipinski definition) is 1. The molecule has 1 atom stereocenters. The SMILES string of the molecule is CCc1cc(CC(NC)c2ccc(C)c(F)c2)n(CC)n1. The summed E-state index contributed by atoms with van der Waals surface area (Å²) in [5, 5.41) is 7.86. The van der Waals surface area contributed by atoms with Crippen molar-refractivity contribution in [2.75, 3.05) is 7.05 Å². The molecule has 21 heavy (non-hydrogen) atoms. The first-order valence-corrected chi connectivity index (χ1v) is 7.57. The van der Waals surface area contributed by atoms with Crippen LogP contribution in [-0.2, 0) is 19.4 Å². The van der Waals surface area contributed by atoms with Gasteiger partial charge >= 0.3 is 0 Å². The molecule has 3 nitrogen and oxygen atoms in total. The first-order chi connectivity index (χ1) is 10.1. The lowest BCUT2D eigenvalue weighted by Gasteiger charge is -2.17. The molecular formula is C17H24FN3. The van der Waals surface area contributed by atoms with Crippen molar-refractivity contribution in [2.45, 2.75) is 46.2 Å². The van der Waals surface area contributed by atoms with Crippen LogP contribution in [0.15, 0.2) is 24.3 Å². The van der Waals surface area contributed by atoms with E-state index in [9.17, 15) is 4.39 Å². The minimum absolute atomic E-state index is 0.0896. The second-order valence-corrected chi connectivity index (χ2v) is 5.35. The Morgan fingerprint density at radius 2 is 2.05 bits per heavy atom. The molecule has 0 fully saturated rings. The zero-order valence-electron chi connectivity index (χ0n) is 13.3. The van der Waals surface area contributed by atoms with Gasteiger partial charge in [-0.25, -0.2) is 4.39 Å². The van der Waals surface area contributed by atoms with Gasteiger partial charge in [0.1, 0.15) is 5.82 Å². The Bertz CT molecular complexity index is 604. The quantitative estimate of drug-likeness (QED) is 0.883. The average molecular weight is 289 g/mol. The summed E-state index contributed by atoms with van der Waals surface area (Å²) in [5.41, 5.74) is 3.95. The third kappa shape index (κ3) is 3.50. The molecule has 0 aliphatic heterocycles. The number of nitrogens with zero attached hydrogens (tertiary/aromatic N) is 2. The summed E-state index contributed by atoms with van der Waals surface area (Å²) in [4.78, 5) is 0. The van der Waals surface area contributed by atoms with Crippen molar-refractivity contribution in [3.63, 3.8) is 0 Å². The summed E-state index contributed by atoms with van der Waals surface area (Å²) in [6.45, 7) is 6.84. The molecule has 114 valence electrons. The zero-order chi connectivity index (χ0) is 15.4. The third-order valence-corrected chi connectivity index (χ3v) is 3.94. The number of halogens is 1. The molecule has 1 heterocycles. The summed E-state index contributed by atoms with van der Waals surface area (Å²) in [6.07, 6.45) is 1.74. The van der Waals surface area contributed by atoms with Crippen LogP contribution in [-0.4, -0.2) is 16.8 Å². The van der Waals surface area contributed by atoms with Crippen molar-refractivity contribution in [1.29, 1.82) is 0 Å². The fourth-order valence-corrected chi connectivity index (χ4v) is 2.55. The lowest BCUT2D eigenvalue weighted by atomic mass is 10.0. The van der Waals surface area contributed by atoms with E-state index >= 15 is 0 Å². The summed E-state index contributed by atoms with van der Waals surface area (Å²) >= 11 is 0. The number of likely N-dealkylation sites (N-methyl/N-ethyl adjacent to an activating group) is 1. The standard InChI is InChI=1S/C17H24FN3/c1-5-14-10-15(21(6-2)20-14)11-17(19-4)13-8-7-12(3)16(18)9-13/h7-10,17,19H,5-6,11H2,1-4H3.